The van der Waals surface area contributed by atoms with Crippen LogP contribution in [0.25, 0.3) is 0 Å². The summed E-state index contributed by atoms with van der Waals surface area (Å²) in [6.07, 6.45) is -0.259. The predicted octanol–water partition coefficient (Wildman–Crippen LogP) is 0.463. The Hall–Kier alpha value is 0.360. The molecule has 1 saturated heterocycles. The molecule has 1 aliphatic heterocycles. The van der Waals surface area contributed by atoms with E-state index in [0.29, 0.717) is 11.4 Å². The maximum Gasteiger partial charge on any atom is 0.0763 e. The number of alkyl halides is 1. The Morgan fingerprint density at radius 1 is 1.75 bits per heavy atom. The summed E-state index contributed by atoms with van der Waals surface area (Å²) >= 11 is 3.25. The second-order valence-corrected chi connectivity index (χ2v) is 3.87. The fourth-order valence-electron chi connectivity index (χ4n) is 1.35. The number of β-amino-alcohol motifs (C(OH)–C–C–N with tert-alkyl or cyclic N) is 1. The number of aliphatic hydroxyl groups excluding tert-OH is 1. The lowest BCUT2D eigenvalue weighted by atomic mass is 10.2. The molecule has 1 aliphatic rings. The number of rotatable bonds is 3. The van der Waals surface area contributed by atoms with E-state index in [0.717, 1.165) is 26.3 Å². The van der Waals surface area contributed by atoms with Crippen molar-refractivity contribution in [3.05, 3.63) is 0 Å². The lowest BCUT2D eigenvalue weighted by Gasteiger charge is -2.34. The van der Waals surface area contributed by atoms with Gasteiger partial charge in [-0.1, -0.05) is 15.9 Å². The average Bonchev–Trinajstić information content (AvgIpc) is 2.09. The van der Waals surface area contributed by atoms with Crippen LogP contribution in [0.1, 0.15) is 6.92 Å². The van der Waals surface area contributed by atoms with Gasteiger partial charge in [0.05, 0.1) is 19.3 Å². The standard InChI is InChI=1S/C8H16BrNO2/c1-7-6-12-3-2-10(7)5-8(11)4-9/h7-8,11H,2-6H2,1H3. The molecular weight excluding hydrogens is 222 g/mol. The molecule has 0 aliphatic carbocycles. The molecule has 4 heteroatoms. The first-order valence-corrected chi connectivity index (χ1v) is 5.42. The van der Waals surface area contributed by atoms with Gasteiger partial charge < -0.3 is 9.84 Å². The zero-order valence-electron chi connectivity index (χ0n) is 7.37. The third kappa shape index (κ3) is 3.01. The molecule has 1 fully saturated rings. The molecule has 0 saturated carbocycles. The summed E-state index contributed by atoms with van der Waals surface area (Å²) in [5, 5.41) is 10.0. The average molecular weight is 238 g/mol. The molecule has 0 amide bonds. The molecule has 1 heterocycles. The Labute approximate surface area is 81.8 Å². The van der Waals surface area contributed by atoms with Gasteiger partial charge in [-0.05, 0) is 6.92 Å². The van der Waals surface area contributed by atoms with Crippen LogP contribution in [0.5, 0.6) is 0 Å². The Bertz CT molecular complexity index is 134. The molecule has 1 rings (SSSR count). The highest BCUT2D eigenvalue weighted by Crippen LogP contribution is 2.07. The van der Waals surface area contributed by atoms with Crippen LogP contribution in [-0.2, 0) is 4.74 Å². The molecule has 0 aromatic carbocycles. The van der Waals surface area contributed by atoms with Crippen molar-refractivity contribution >= 4 is 15.9 Å². The Kier molecular flexibility index (Phi) is 4.50. The van der Waals surface area contributed by atoms with Gasteiger partial charge >= 0.3 is 0 Å². The highest BCUT2D eigenvalue weighted by atomic mass is 79.9. The molecule has 2 atom stereocenters. The molecule has 0 bridgehead atoms. The van der Waals surface area contributed by atoms with Gasteiger partial charge in [-0.15, -0.1) is 0 Å². The quantitative estimate of drug-likeness (QED) is 0.725. The van der Waals surface area contributed by atoms with Crippen molar-refractivity contribution in [1.29, 1.82) is 0 Å². The number of ether oxygens (including phenoxy) is 1. The van der Waals surface area contributed by atoms with Crippen molar-refractivity contribution in [3.63, 3.8) is 0 Å². The van der Waals surface area contributed by atoms with Crippen LogP contribution in [0.4, 0.5) is 0 Å². The lowest BCUT2D eigenvalue weighted by molar-refractivity contribution is -0.0164. The molecule has 2 unspecified atom stereocenters. The van der Waals surface area contributed by atoms with Crippen molar-refractivity contribution in [2.45, 2.75) is 19.1 Å². The van der Waals surface area contributed by atoms with Crippen LogP contribution in [0.2, 0.25) is 0 Å². The van der Waals surface area contributed by atoms with Crippen molar-refractivity contribution in [2.75, 3.05) is 31.6 Å². The molecule has 3 nitrogen and oxygen atoms in total. The monoisotopic (exact) mass is 237 g/mol. The fraction of sp³-hybridized carbons (Fsp3) is 1.00. The first kappa shape index (κ1) is 10.4. The normalized spacial score (nSPS) is 28.8. The third-order valence-corrected chi connectivity index (χ3v) is 2.88. The van der Waals surface area contributed by atoms with Crippen LogP contribution in [0.15, 0.2) is 0 Å². The zero-order chi connectivity index (χ0) is 8.97. The smallest absolute Gasteiger partial charge is 0.0763 e. The minimum absolute atomic E-state index is 0.259. The first-order valence-electron chi connectivity index (χ1n) is 4.30. The number of halogens is 1. The summed E-state index contributed by atoms with van der Waals surface area (Å²) in [5.41, 5.74) is 0. The first-order chi connectivity index (χ1) is 5.74. The van der Waals surface area contributed by atoms with Gasteiger partial charge in [0.2, 0.25) is 0 Å². The van der Waals surface area contributed by atoms with Gasteiger partial charge in [0.1, 0.15) is 0 Å². The Morgan fingerprint density at radius 3 is 3.08 bits per heavy atom. The fourth-order valence-corrected chi connectivity index (χ4v) is 1.56. The Morgan fingerprint density at radius 2 is 2.50 bits per heavy atom. The highest BCUT2D eigenvalue weighted by Gasteiger charge is 2.20. The molecule has 1 N–H and O–H groups in total. The van der Waals surface area contributed by atoms with E-state index in [1.54, 1.807) is 0 Å². The molecular formula is C8H16BrNO2. The van der Waals surface area contributed by atoms with Gasteiger partial charge in [0.15, 0.2) is 0 Å². The summed E-state index contributed by atoms with van der Waals surface area (Å²) in [6.45, 7) is 5.38. The van der Waals surface area contributed by atoms with Crippen LogP contribution >= 0.6 is 15.9 Å². The summed E-state index contributed by atoms with van der Waals surface area (Å²) in [7, 11) is 0. The van der Waals surface area contributed by atoms with E-state index in [2.05, 4.69) is 27.8 Å². The molecule has 0 aromatic rings. The molecule has 0 radical (unpaired) electrons. The van der Waals surface area contributed by atoms with Gasteiger partial charge in [0.25, 0.3) is 0 Å². The highest BCUT2D eigenvalue weighted by molar-refractivity contribution is 9.09. The molecule has 72 valence electrons. The van der Waals surface area contributed by atoms with E-state index in [1.165, 1.54) is 0 Å². The van der Waals surface area contributed by atoms with E-state index in [1.807, 2.05) is 0 Å². The summed E-state index contributed by atoms with van der Waals surface area (Å²) in [6, 6.07) is 0.437. The Balaban J connectivity index is 2.28. The molecule has 0 spiro atoms. The van der Waals surface area contributed by atoms with E-state index in [4.69, 9.17) is 4.74 Å². The SMILES string of the molecule is CC1COCCN1CC(O)CBr. The second kappa shape index (κ2) is 5.17. The maximum atomic E-state index is 9.40. The van der Waals surface area contributed by atoms with Crippen molar-refractivity contribution < 1.29 is 9.84 Å². The van der Waals surface area contributed by atoms with Gasteiger partial charge in [0, 0.05) is 24.5 Å². The van der Waals surface area contributed by atoms with E-state index in [9.17, 15) is 5.11 Å². The van der Waals surface area contributed by atoms with Crippen molar-refractivity contribution in [1.82, 2.24) is 4.90 Å². The zero-order valence-corrected chi connectivity index (χ0v) is 8.96. The summed E-state index contributed by atoms with van der Waals surface area (Å²) in [4.78, 5) is 2.26. The lowest BCUT2D eigenvalue weighted by Crippen LogP contribution is -2.47. The molecule has 0 aromatic heterocycles. The minimum Gasteiger partial charge on any atom is -0.391 e. The van der Waals surface area contributed by atoms with Crippen molar-refractivity contribution in [3.8, 4) is 0 Å². The van der Waals surface area contributed by atoms with Gasteiger partial charge in [-0.25, -0.2) is 0 Å². The van der Waals surface area contributed by atoms with Crippen LogP contribution < -0.4 is 0 Å². The van der Waals surface area contributed by atoms with E-state index < -0.39 is 0 Å². The number of aliphatic hydroxyl groups is 1. The predicted molar refractivity (Wildman–Crippen MR) is 51.7 cm³/mol. The topological polar surface area (TPSA) is 32.7 Å². The van der Waals surface area contributed by atoms with Crippen LogP contribution in [0, 0.1) is 0 Å². The second-order valence-electron chi connectivity index (χ2n) is 3.23. The minimum atomic E-state index is -0.259. The van der Waals surface area contributed by atoms with E-state index >= 15 is 0 Å². The summed E-state index contributed by atoms with van der Waals surface area (Å²) in [5.74, 6) is 0. The molecule has 12 heavy (non-hydrogen) atoms. The van der Waals surface area contributed by atoms with Crippen LogP contribution in [0.3, 0.4) is 0 Å². The maximum absolute atomic E-state index is 9.40. The van der Waals surface area contributed by atoms with Crippen molar-refractivity contribution in [2.24, 2.45) is 0 Å². The summed E-state index contributed by atoms with van der Waals surface area (Å²) < 4.78 is 5.29. The van der Waals surface area contributed by atoms with Gasteiger partial charge in [-0.3, -0.25) is 4.90 Å². The number of morpholine rings is 1. The van der Waals surface area contributed by atoms with Crippen LogP contribution in [-0.4, -0.2) is 53.8 Å². The van der Waals surface area contributed by atoms with Gasteiger partial charge in [-0.2, -0.15) is 0 Å². The number of hydrogen-bond acceptors (Lipinski definition) is 3. The number of nitrogens with zero attached hydrogens (tertiary/aromatic N) is 1. The van der Waals surface area contributed by atoms with E-state index in [-0.39, 0.29) is 6.10 Å². The largest absolute Gasteiger partial charge is 0.391 e. The third-order valence-electron chi connectivity index (χ3n) is 2.13. The number of hydrogen-bond donors (Lipinski definition) is 1.